The molecule has 0 aromatic rings. The number of halogens is 1. The van der Waals surface area contributed by atoms with Gasteiger partial charge < -0.3 is 5.32 Å². The Kier molecular flexibility index (Phi) is 4.78. The third kappa shape index (κ3) is 4.12. The van der Waals surface area contributed by atoms with E-state index in [-0.39, 0.29) is 0 Å². The molecular formula is C10H19ClN2. The molecule has 0 aromatic heterocycles. The maximum absolute atomic E-state index is 5.76. The summed E-state index contributed by atoms with van der Waals surface area (Å²) in [5.74, 6) is 0.852. The van der Waals surface area contributed by atoms with Crippen LogP contribution in [-0.4, -0.2) is 38.1 Å². The molecule has 1 saturated heterocycles. The maximum atomic E-state index is 5.76. The molecule has 0 unspecified atom stereocenters. The Bertz CT molecular complexity index is 162. The first-order valence-electron chi connectivity index (χ1n) is 4.92. The molecule has 0 amide bonds. The van der Waals surface area contributed by atoms with Gasteiger partial charge >= 0.3 is 0 Å². The zero-order chi connectivity index (χ0) is 9.68. The van der Waals surface area contributed by atoms with E-state index in [1.54, 1.807) is 0 Å². The van der Waals surface area contributed by atoms with Gasteiger partial charge in [-0.3, -0.25) is 4.90 Å². The predicted molar refractivity (Wildman–Crippen MR) is 58.1 cm³/mol. The van der Waals surface area contributed by atoms with Crippen molar-refractivity contribution in [3.8, 4) is 0 Å². The van der Waals surface area contributed by atoms with Gasteiger partial charge in [-0.1, -0.05) is 18.2 Å². The number of likely N-dealkylation sites (tertiary alicyclic amines) is 1. The van der Waals surface area contributed by atoms with Crippen LogP contribution in [0.1, 0.15) is 12.8 Å². The molecule has 0 spiro atoms. The molecule has 0 atom stereocenters. The normalized spacial score (nSPS) is 20.5. The fourth-order valence-corrected chi connectivity index (χ4v) is 2.05. The van der Waals surface area contributed by atoms with Crippen molar-refractivity contribution in [3.63, 3.8) is 0 Å². The predicted octanol–water partition coefficient (Wildman–Crippen LogP) is 1.67. The molecule has 1 fully saturated rings. The van der Waals surface area contributed by atoms with Gasteiger partial charge in [0.25, 0.3) is 0 Å². The lowest BCUT2D eigenvalue weighted by Gasteiger charge is -2.31. The summed E-state index contributed by atoms with van der Waals surface area (Å²) < 4.78 is 0. The minimum absolute atomic E-state index is 0.757. The molecule has 1 aliphatic heterocycles. The van der Waals surface area contributed by atoms with Crippen LogP contribution >= 0.6 is 11.6 Å². The van der Waals surface area contributed by atoms with E-state index in [4.69, 9.17) is 11.6 Å². The molecular weight excluding hydrogens is 184 g/mol. The fourth-order valence-electron chi connectivity index (χ4n) is 1.88. The van der Waals surface area contributed by atoms with Crippen LogP contribution in [0, 0.1) is 5.92 Å². The monoisotopic (exact) mass is 202 g/mol. The van der Waals surface area contributed by atoms with Crippen molar-refractivity contribution < 1.29 is 0 Å². The topological polar surface area (TPSA) is 15.3 Å². The maximum Gasteiger partial charge on any atom is 0.0335 e. The molecule has 0 aromatic carbocycles. The van der Waals surface area contributed by atoms with Gasteiger partial charge in [0.15, 0.2) is 0 Å². The Morgan fingerprint density at radius 3 is 2.62 bits per heavy atom. The lowest BCUT2D eigenvalue weighted by atomic mass is 9.97. The Morgan fingerprint density at radius 1 is 1.54 bits per heavy atom. The number of rotatable bonds is 4. The molecule has 76 valence electrons. The van der Waals surface area contributed by atoms with E-state index in [1.165, 1.54) is 12.8 Å². The second kappa shape index (κ2) is 5.63. The summed E-state index contributed by atoms with van der Waals surface area (Å²) in [4.78, 5) is 2.38. The van der Waals surface area contributed by atoms with Crippen molar-refractivity contribution in [3.05, 3.63) is 11.6 Å². The van der Waals surface area contributed by atoms with Crippen molar-refractivity contribution in [1.82, 2.24) is 10.2 Å². The van der Waals surface area contributed by atoms with E-state index in [9.17, 15) is 0 Å². The molecule has 0 aliphatic carbocycles. The summed E-state index contributed by atoms with van der Waals surface area (Å²) in [7, 11) is 2.02. The Morgan fingerprint density at radius 2 is 2.15 bits per heavy atom. The van der Waals surface area contributed by atoms with Crippen LogP contribution in [0.2, 0.25) is 0 Å². The fraction of sp³-hybridized carbons (Fsp3) is 0.800. The Hall–Kier alpha value is -0.0500. The molecule has 1 N–H and O–H groups in total. The lowest BCUT2D eigenvalue weighted by Crippen LogP contribution is -2.37. The molecule has 0 radical (unpaired) electrons. The molecule has 2 nitrogen and oxygen atoms in total. The van der Waals surface area contributed by atoms with Crippen LogP contribution in [0.15, 0.2) is 11.6 Å². The van der Waals surface area contributed by atoms with E-state index in [1.807, 2.05) is 7.05 Å². The second-order valence-corrected chi connectivity index (χ2v) is 4.33. The lowest BCUT2D eigenvalue weighted by molar-refractivity contribution is 0.198. The van der Waals surface area contributed by atoms with Crippen LogP contribution in [0.4, 0.5) is 0 Å². The average Bonchev–Trinajstić information content (AvgIpc) is 2.08. The summed E-state index contributed by atoms with van der Waals surface area (Å²) in [6.07, 6.45) is 2.57. The molecule has 0 bridgehead atoms. The molecule has 13 heavy (non-hydrogen) atoms. The summed E-state index contributed by atoms with van der Waals surface area (Å²) in [6, 6.07) is 0. The second-order valence-electron chi connectivity index (χ2n) is 3.79. The summed E-state index contributed by atoms with van der Waals surface area (Å²) in [5, 5.41) is 3.99. The zero-order valence-electron chi connectivity index (χ0n) is 8.35. The minimum atomic E-state index is 0.757. The quantitative estimate of drug-likeness (QED) is 0.746. The van der Waals surface area contributed by atoms with Crippen LogP contribution in [0.3, 0.4) is 0 Å². The van der Waals surface area contributed by atoms with Gasteiger partial charge in [-0.05, 0) is 45.4 Å². The minimum Gasteiger partial charge on any atom is -0.319 e. The highest BCUT2D eigenvalue weighted by atomic mass is 35.5. The van der Waals surface area contributed by atoms with Crippen LogP contribution in [-0.2, 0) is 0 Å². The van der Waals surface area contributed by atoms with Crippen molar-refractivity contribution in [2.24, 2.45) is 5.92 Å². The Balaban J connectivity index is 2.18. The molecule has 1 rings (SSSR count). The first kappa shape index (κ1) is 11.0. The largest absolute Gasteiger partial charge is 0.319 e. The highest BCUT2D eigenvalue weighted by Crippen LogP contribution is 2.17. The van der Waals surface area contributed by atoms with Gasteiger partial charge in [0.2, 0.25) is 0 Å². The van der Waals surface area contributed by atoms with E-state index < -0.39 is 0 Å². The van der Waals surface area contributed by atoms with Crippen LogP contribution < -0.4 is 5.32 Å². The smallest absolute Gasteiger partial charge is 0.0335 e. The molecule has 1 aliphatic rings. The van der Waals surface area contributed by atoms with E-state index in [2.05, 4.69) is 16.8 Å². The first-order valence-corrected chi connectivity index (χ1v) is 5.30. The number of nitrogens with one attached hydrogen (secondary N) is 1. The van der Waals surface area contributed by atoms with Gasteiger partial charge in [-0.15, -0.1) is 0 Å². The number of hydrogen-bond donors (Lipinski definition) is 1. The SMILES string of the molecule is C=C(Cl)CN1CCC(CNC)CC1. The number of piperidine rings is 1. The van der Waals surface area contributed by atoms with E-state index >= 15 is 0 Å². The van der Waals surface area contributed by atoms with Gasteiger partial charge in [-0.2, -0.15) is 0 Å². The third-order valence-electron chi connectivity index (χ3n) is 2.60. The summed E-state index contributed by atoms with van der Waals surface area (Å²) >= 11 is 5.76. The Labute approximate surface area is 85.9 Å². The standard InChI is InChI=1S/C10H19ClN2/c1-9(11)8-13-5-3-10(4-6-13)7-12-2/h10,12H,1,3-8H2,2H3. The van der Waals surface area contributed by atoms with Gasteiger partial charge in [0.05, 0.1) is 0 Å². The van der Waals surface area contributed by atoms with Crippen LogP contribution in [0.25, 0.3) is 0 Å². The van der Waals surface area contributed by atoms with Crippen LogP contribution in [0.5, 0.6) is 0 Å². The highest BCUT2D eigenvalue weighted by molar-refractivity contribution is 6.29. The van der Waals surface area contributed by atoms with Crippen molar-refractivity contribution in [2.45, 2.75) is 12.8 Å². The average molecular weight is 203 g/mol. The summed E-state index contributed by atoms with van der Waals surface area (Å²) in [6.45, 7) is 8.05. The van der Waals surface area contributed by atoms with E-state index in [0.29, 0.717) is 0 Å². The van der Waals surface area contributed by atoms with Crippen molar-refractivity contribution >= 4 is 11.6 Å². The molecule has 1 heterocycles. The van der Waals surface area contributed by atoms with Gasteiger partial charge in [0.1, 0.15) is 0 Å². The van der Waals surface area contributed by atoms with Crippen molar-refractivity contribution in [2.75, 3.05) is 33.2 Å². The summed E-state index contributed by atoms with van der Waals surface area (Å²) in [5.41, 5.74) is 0. The molecule has 3 heteroatoms. The molecule has 0 saturated carbocycles. The zero-order valence-corrected chi connectivity index (χ0v) is 9.11. The number of nitrogens with zero attached hydrogens (tertiary/aromatic N) is 1. The third-order valence-corrected chi connectivity index (χ3v) is 2.71. The van der Waals surface area contributed by atoms with Gasteiger partial charge in [-0.25, -0.2) is 0 Å². The highest BCUT2D eigenvalue weighted by Gasteiger charge is 2.18. The number of hydrogen-bond acceptors (Lipinski definition) is 2. The van der Waals surface area contributed by atoms with Gasteiger partial charge in [0, 0.05) is 11.6 Å². The first-order chi connectivity index (χ1) is 6.22. The van der Waals surface area contributed by atoms with Crippen molar-refractivity contribution in [1.29, 1.82) is 0 Å². The van der Waals surface area contributed by atoms with E-state index in [0.717, 1.165) is 37.1 Å².